The lowest BCUT2D eigenvalue weighted by atomic mass is 9.80. The van der Waals surface area contributed by atoms with Gasteiger partial charge in [-0.15, -0.1) is 0 Å². The maximum Gasteiger partial charge on any atom is 0.248 e. The molecular formula is C19H24N4O3. The van der Waals surface area contributed by atoms with Crippen LogP contribution in [0, 0.1) is 11.3 Å². The Balaban J connectivity index is 1.48. The van der Waals surface area contributed by atoms with E-state index in [2.05, 4.69) is 15.6 Å². The minimum absolute atomic E-state index is 0.0211. The molecule has 3 N–H and O–H groups in total. The number of hydrogen-bond donors (Lipinski definition) is 3. The average Bonchev–Trinajstić information content (AvgIpc) is 3.33. The third-order valence-electron chi connectivity index (χ3n) is 5.72. The second-order valence-corrected chi connectivity index (χ2v) is 7.23. The standard InChI is InChI=1S/C19H24N4O3/c1-26-10-17(24)23-9-14-8-20-11-19(14,12-23)18(25)22-7-13-3-2-4-16-15(13)5-6-21-16/h2-6,14,20-21H,7-12H2,1H3,(H,22,25)/t14-,19-/m1/s1. The fourth-order valence-corrected chi connectivity index (χ4v) is 4.30. The lowest BCUT2D eigenvalue weighted by Gasteiger charge is -2.26. The molecule has 3 heterocycles. The summed E-state index contributed by atoms with van der Waals surface area (Å²) in [6.45, 7) is 2.97. The fourth-order valence-electron chi connectivity index (χ4n) is 4.30. The number of ether oxygens (including phenoxy) is 1. The maximum absolute atomic E-state index is 13.1. The number of methoxy groups -OCH3 is 1. The first-order valence-corrected chi connectivity index (χ1v) is 8.95. The van der Waals surface area contributed by atoms with Crippen LogP contribution in [0.1, 0.15) is 5.56 Å². The number of aromatic amines is 1. The average molecular weight is 356 g/mol. The van der Waals surface area contributed by atoms with Gasteiger partial charge in [0.2, 0.25) is 11.8 Å². The number of nitrogens with zero attached hydrogens (tertiary/aromatic N) is 1. The zero-order valence-electron chi connectivity index (χ0n) is 14.9. The smallest absolute Gasteiger partial charge is 0.248 e. The van der Waals surface area contributed by atoms with E-state index in [1.54, 1.807) is 4.90 Å². The Morgan fingerprint density at radius 3 is 3.12 bits per heavy atom. The van der Waals surface area contributed by atoms with Gasteiger partial charge in [0.1, 0.15) is 6.61 Å². The molecule has 2 fully saturated rings. The number of hydrogen-bond acceptors (Lipinski definition) is 4. The molecule has 1 aromatic heterocycles. The third kappa shape index (κ3) is 2.77. The van der Waals surface area contributed by atoms with Crippen LogP contribution in [0.5, 0.6) is 0 Å². The van der Waals surface area contributed by atoms with E-state index in [9.17, 15) is 9.59 Å². The van der Waals surface area contributed by atoms with Gasteiger partial charge in [0.05, 0.1) is 5.41 Å². The number of likely N-dealkylation sites (tertiary alicyclic amines) is 1. The van der Waals surface area contributed by atoms with E-state index >= 15 is 0 Å². The molecule has 26 heavy (non-hydrogen) atoms. The van der Waals surface area contributed by atoms with Gasteiger partial charge in [0, 0.05) is 62.9 Å². The molecule has 0 unspecified atom stereocenters. The molecule has 138 valence electrons. The topological polar surface area (TPSA) is 86.5 Å². The zero-order valence-corrected chi connectivity index (χ0v) is 14.9. The van der Waals surface area contributed by atoms with Crippen LogP contribution >= 0.6 is 0 Å². The Kier molecular flexibility index (Phi) is 4.42. The number of nitrogens with one attached hydrogen (secondary N) is 3. The van der Waals surface area contributed by atoms with Gasteiger partial charge in [-0.1, -0.05) is 12.1 Å². The second kappa shape index (κ2) is 6.74. The lowest BCUT2D eigenvalue weighted by Crippen LogP contribution is -2.47. The van der Waals surface area contributed by atoms with Crippen molar-refractivity contribution in [2.45, 2.75) is 6.54 Å². The maximum atomic E-state index is 13.1. The molecule has 0 radical (unpaired) electrons. The van der Waals surface area contributed by atoms with Gasteiger partial charge < -0.3 is 25.3 Å². The Morgan fingerprint density at radius 2 is 2.27 bits per heavy atom. The molecule has 1 aromatic carbocycles. The van der Waals surface area contributed by atoms with E-state index in [0.29, 0.717) is 26.2 Å². The van der Waals surface area contributed by atoms with E-state index < -0.39 is 5.41 Å². The van der Waals surface area contributed by atoms with Gasteiger partial charge in [-0.2, -0.15) is 0 Å². The van der Waals surface area contributed by atoms with Crippen LogP contribution in [0.4, 0.5) is 0 Å². The summed E-state index contributed by atoms with van der Waals surface area (Å²) in [5, 5.41) is 7.56. The second-order valence-electron chi connectivity index (χ2n) is 7.23. The van der Waals surface area contributed by atoms with Crippen LogP contribution in [0.15, 0.2) is 30.5 Å². The van der Waals surface area contributed by atoms with Crippen LogP contribution in [-0.2, 0) is 20.9 Å². The van der Waals surface area contributed by atoms with Gasteiger partial charge in [0.15, 0.2) is 0 Å². The summed E-state index contributed by atoms with van der Waals surface area (Å²) in [6.07, 6.45) is 1.90. The van der Waals surface area contributed by atoms with Gasteiger partial charge in [-0.3, -0.25) is 9.59 Å². The number of amides is 2. The van der Waals surface area contributed by atoms with Crippen molar-refractivity contribution in [3.05, 3.63) is 36.0 Å². The highest BCUT2D eigenvalue weighted by Crippen LogP contribution is 2.39. The molecule has 0 spiro atoms. The highest BCUT2D eigenvalue weighted by Gasteiger charge is 2.55. The third-order valence-corrected chi connectivity index (χ3v) is 5.72. The molecular weight excluding hydrogens is 332 g/mol. The monoisotopic (exact) mass is 356 g/mol. The van der Waals surface area contributed by atoms with E-state index in [1.165, 1.54) is 7.11 Å². The van der Waals surface area contributed by atoms with Crippen molar-refractivity contribution in [1.29, 1.82) is 0 Å². The normalized spacial score (nSPS) is 24.8. The number of aromatic nitrogens is 1. The number of rotatable bonds is 5. The molecule has 7 heteroatoms. The van der Waals surface area contributed by atoms with Crippen LogP contribution < -0.4 is 10.6 Å². The molecule has 0 bridgehead atoms. The Morgan fingerprint density at radius 1 is 1.38 bits per heavy atom. The van der Waals surface area contributed by atoms with Crippen LogP contribution in [0.25, 0.3) is 10.9 Å². The Hall–Kier alpha value is -2.38. The molecule has 2 amide bonds. The summed E-state index contributed by atoms with van der Waals surface area (Å²) < 4.78 is 4.96. The van der Waals surface area contributed by atoms with Crippen LogP contribution in [0.3, 0.4) is 0 Å². The highest BCUT2D eigenvalue weighted by atomic mass is 16.5. The van der Waals surface area contributed by atoms with Crippen molar-refractivity contribution in [3.8, 4) is 0 Å². The summed E-state index contributed by atoms with van der Waals surface area (Å²) in [6, 6.07) is 8.06. The largest absolute Gasteiger partial charge is 0.375 e. The van der Waals surface area contributed by atoms with Gasteiger partial charge in [0.25, 0.3) is 0 Å². The molecule has 0 saturated carbocycles. The summed E-state index contributed by atoms with van der Waals surface area (Å²) in [5.41, 5.74) is 1.60. The minimum Gasteiger partial charge on any atom is -0.375 e. The van der Waals surface area contributed by atoms with Gasteiger partial charge in [-0.05, 0) is 17.7 Å². The van der Waals surface area contributed by atoms with Gasteiger partial charge in [-0.25, -0.2) is 0 Å². The van der Waals surface area contributed by atoms with Crippen molar-refractivity contribution in [1.82, 2.24) is 20.5 Å². The van der Waals surface area contributed by atoms with Crippen molar-refractivity contribution in [3.63, 3.8) is 0 Å². The number of carbonyl (C=O) groups excluding carboxylic acids is 2. The van der Waals surface area contributed by atoms with E-state index in [1.807, 2.05) is 30.5 Å². The first-order valence-electron chi connectivity index (χ1n) is 8.95. The summed E-state index contributed by atoms with van der Waals surface area (Å²) in [5.74, 6) is 0.116. The van der Waals surface area contributed by atoms with E-state index in [-0.39, 0.29) is 24.3 Å². The molecule has 0 aliphatic carbocycles. The lowest BCUT2D eigenvalue weighted by molar-refractivity contribution is -0.135. The fraction of sp³-hybridized carbons (Fsp3) is 0.474. The molecule has 4 rings (SSSR count). The van der Waals surface area contributed by atoms with Crippen LogP contribution in [0.2, 0.25) is 0 Å². The zero-order chi connectivity index (χ0) is 18.1. The molecule has 7 nitrogen and oxygen atoms in total. The SMILES string of the molecule is COCC(=O)N1C[C@H]2CNC[C@@]2(C(=O)NCc2cccc3[nH]ccc23)C1. The Labute approximate surface area is 152 Å². The first kappa shape index (κ1) is 17.1. The number of benzene rings is 1. The molecule has 2 saturated heterocycles. The summed E-state index contributed by atoms with van der Waals surface area (Å²) >= 11 is 0. The molecule has 2 aromatic rings. The van der Waals surface area contributed by atoms with Crippen LogP contribution in [-0.4, -0.2) is 61.6 Å². The van der Waals surface area contributed by atoms with Crippen molar-refractivity contribution in [2.24, 2.45) is 11.3 Å². The predicted octanol–water partition coefficient (Wildman–Crippen LogP) is 0.479. The van der Waals surface area contributed by atoms with Crippen molar-refractivity contribution < 1.29 is 14.3 Å². The quantitative estimate of drug-likeness (QED) is 0.727. The predicted molar refractivity (Wildman–Crippen MR) is 97.4 cm³/mol. The number of carbonyl (C=O) groups is 2. The summed E-state index contributed by atoms with van der Waals surface area (Å²) in [4.78, 5) is 30.2. The van der Waals surface area contributed by atoms with Gasteiger partial charge >= 0.3 is 0 Å². The number of H-pyrrole nitrogens is 1. The van der Waals surface area contributed by atoms with Crippen molar-refractivity contribution in [2.75, 3.05) is 39.9 Å². The molecule has 2 aliphatic heterocycles. The molecule has 2 atom stereocenters. The minimum atomic E-state index is -0.546. The summed E-state index contributed by atoms with van der Waals surface area (Å²) in [7, 11) is 1.51. The number of fused-ring (bicyclic) bond motifs is 2. The Bertz CT molecular complexity index is 833. The molecule has 2 aliphatic rings. The van der Waals surface area contributed by atoms with Crippen molar-refractivity contribution >= 4 is 22.7 Å². The first-order chi connectivity index (χ1) is 12.6. The van der Waals surface area contributed by atoms with E-state index in [4.69, 9.17) is 4.74 Å². The highest BCUT2D eigenvalue weighted by molar-refractivity contribution is 5.88. The van der Waals surface area contributed by atoms with E-state index in [0.717, 1.165) is 23.0 Å².